The summed E-state index contributed by atoms with van der Waals surface area (Å²) in [4.78, 5) is 25.2. The highest BCUT2D eigenvalue weighted by molar-refractivity contribution is 5.93. The third-order valence-electron chi connectivity index (χ3n) is 2.45. The fourth-order valence-corrected chi connectivity index (χ4v) is 1.67. The first-order valence-electron chi connectivity index (χ1n) is 4.91. The number of hydrogen-bond acceptors (Lipinski definition) is 3. The molecule has 0 atom stereocenters. The van der Waals surface area contributed by atoms with Crippen molar-refractivity contribution in [2.24, 2.45) is 0 Å². The van der Waals surface area contributed by atoms with Crippen molar-refractivity contribution in [2.45, 2.75) is 6.92 Å². The van der Waals surface area contributed by atoms with Gasteiger partial charge in [0.2, 0.25) is 0 Å². The summed E-state index contributed by atoms with van der Waals surface area (Å²) in [7, 11) is 0. The summed E-state index contributed by atoms with van der Waals surface area (Å²) in [5, 5.41) is 9.09. The van der Waals surface area contributed by atoms with Crippen molar-refractivity contribution in [2.75, 3.05) is 5.73 Å². The first-order valence-corrected chi connectivity index (χ1v) is 4.91. The van der Waals surface area contributed by atoms with Crippen molar-refractivity contribution in [1.29, 1.82) is 0 Å². The van der Waals surface area contributed by atoms with Crippen molar-refractivity contribution in [3.05, 3.63) is 46.1 Å². The molecule has 1 aromatic heterocycles. The van der Waals surface area contributed by atoms with Crippen LogP contribution in [0.25, 0.3) is 5.69 Å². The van der Waals surface area contributed by atoms with Gasteiger partial charge in [-0.3, -0.25) is 4.57 Å². The molecule has 6 nitrogen and oxygen atoms in total. The van der Waals surface area contributed by atoms with Crippen LogP contribution in [0.5, 0.6) is 0 Å². The van der Waals surface area contributed by atoms with Gasteiger partial charge in [-0.1, -0.05) is 0 Å². The van der Waals surface area contributed by atoms with E-state index in [9.17, 15) is 9.59 Å². The Morgan fingerprint density at radius 1 is 1.47 bits per heavy atom. The van der Waals surface area contributed by atoms with Crippen LogP contribution >= 0.6 is 0 Å². The van der Waals surface area contributed by atoms with Crippen LogP contribution in [0.4, 0.5) is 5.69 Å². The lowest BCUT2D eigenvalue weighted by Crippen LogP contribution is -2.19. The molecule has 0 spiro atoms. The van der Waals surface area contributed by atoms with Crippen LogP contribution in [-0.2, 0) is 0 Å². The lowest BCUT2D eigenvalue weighted by molar-refractivity contribution is 0.0697. The zero-order valence-corrected chi connectivity index (χ0v) is 9.10. The molecule has 4 N–H and O–H groups in total. The predicted molar refractivity (Wildman–Crippen MR) is 62.5 cm³/mol. The van der Waals surface area contributed by atoms with Crippen molar-refractivity contribution in [3.8, 4) is 5.69 Å². The molecule has 0 aliphatic carbocycles. The highest BCUT2D eigenvalue weighted by atomic mass is 16.4. The predicted octanol–water partition coefficient (Wildman–Crippen LogP) is 0.754. The highest BCUT2D eigenvalue weighted by Crippen LogP contribution is 2.18. The Labute approximate surface area is 96.3 Å². The van der Waals surface area contributed by atoms with E-state index in [4.69, 9.17) is 10.8 Å². The zero-order valence-electron chi connectivity index (χ0n) is 9.10. The van der Waals surface area contributed by atoms with Gasteiger partial charge in [0.1, 0.15) is 0 Å². The maximum atomic E-state index is 11.6. The standard InChI is InChI=1S/C11H11N3O3/c1-6-5-13-11(17)14(6)9-3-2-7(12)4-8(9)10(15)16/h2-5H,12H2,1H3,(H,13,17)(H,15,16). The molecule has 0 fully saturated rings. The number of nitrogens with one attached hydrogen (secondary N) is 1. The van der Waals surface area contributed by atoms with Crippen molar-refractivity contribution >= 4 is 11.7 Å². The number of anilines is 1. The summed E-state index contributed by atoms with van der Waals surface area (Å²) in [6.45, 7) is 1.71. The lowest BCUT2D eigenvalue weighted by atomic mass is 10.1. The second kappa shape index (κ2) is 3.82. The molecular formula is C11H11N3O3. The van der Waals surface area contributed by atoms with E-state index >= 15 is 0 Å². The Morgan fingerprint density at radius 3 is 2.71 bits per heavy atom. The Bertz CT molecular complexity index is 640. The number of aryl methyl sites for hydroxylation is 1. The molecule has 0 saturated heterocycles. The summed E-state index contributed by atoms with van der Waals surface area (Å²) in [6.07, 6.45) is 1.52. The van der Waals surface area contributed by atoms with E-state index in [-0.39, 0.29) is 11.3 Å². The Hall–Kier alpha value is -2.50. The maximum absolute atomic E-state index is 11.6. The van der Waals surface area contributed by atoms with Crippen LogP contribution in [0.1, 0.15) is 16.1 Å². The monoisotopic (exact) mass is 233 g/mol. The molecule has 6 heteroatoms. The molecular weight excluding hydrogens is 222 g/mol. The molecule has 0 aliphatic heterocycles. The van der Waals surface area contributed by atoms with Crippen LogP contribution in [0, 0.1) is 6.92 Å². The van der Waals surface area contributed by atoms with Gasteiger partial charge in [0, 0.05) is 17.6 Å². The van der Waals surface area contributed by atoms with Gasteiger partial charge in [-0.2, -0.15) is 0 Å². The van der Waals surface area contributed by atoms with E-state index in [0.29, 0.717) is 17.1 Å². The van der Waals surface area contributed by atoms with Gasteiger partial charge in [0.15, 0.2) is 0 Å². The van der Waals surface area contributed by atoms with Crippen molar-refractivity contribution in [1.82, 2.24) is 9.55 Å². The molecule has 17 heavy (non-hydrogen) atoms. The number of aromatic amines is 1. The van der Waals surface area contributed by atoms with Crippen LogP contribution in [0.15, 0.2) is 29.2 Å². The molecule has 0 aliphatic rings. The minimum Gasteiger partial charge on any atom is -0.478 e. The molecule has 0 saturated carbocycles. The molecule has 0 radical (unpaired) electrons. The van der Waals surface area contributed by atoms with Crippen LogP contribution in [-0.4, -0.2) is 20.6 Å². The summed E-state index contributed by atoms with van der Waals surface area (Å²) >= 11 is 0. The molecule has 1 aromatic carbocycles. The number of carboxylic acid groups (broad SMARTS) is 1. The fraction of sp³-hybridized carbons (Fsp3) is 0.0909. The number of aromatic nitrogens is 2. The van der Waals surface area contributed by atoms with Gasteiger partial charge in [-0.15, -0.1) is 0 Å². The van der Waals surface area contributed by atoms with E-state index in [0.717, 1.165) is 0 Å². The largest absolute Gasteiger partial charge is 0.478 e. The molecule has 0 bridgehead atoms. The number of carboxylic acids is 1. The smallest absolute Gasteiger partial charge is 0.337 e. The van der Waals surface area contributed by atoms with Gasteiger partial charge in [0.25, 0.3) is 0 Å². The van der Waals surface area contributed by atoms with E-state index in [1.807, 2.05) is 0 Å². The number of aromatic carboxylic acids is 1. The Morgan fingerprint density at radius 2 is 2.18 bits per heavy atom. The average molecular weight is 233 g/mol. The van der Waals surface area contributed by atoms with Crippen LogP contribution in [0.3, 0.4) is 0 Å². The van der Waals surface area contributed by atoms with E-state index in [1.165, 1.54) is 22.9 Å². The average Bonchev–Trinajstić information content (AvgIpc) is 2.59. The number of rotatable bonds is 2. The van der Waals surface area contributed by atoms with Gasteiger partial charge in [-0.05, 0) is 25.1 Å². The van der Waals surface area contributed by atoms with Crippen molar-refractivity contribution in [3.63, 3.8) is 0 Å². The third kappa shape index (κ3) is 1.80. The number of nitrogens with two attached hydrogens (primary N) is 1. The van der Waals surface area contributed by atoms with E-state index in [2.05, 4.69) is 4.98 Å². The second-order valence-electron chi connectivity index (χ2n) is 3.65. The number of carbonyl (C=O) groups is 1. The number of imidazole rings is 1. The third-order valence-corrected chi connectivity index (χ3v) is 2.45. The minimum atomic E-state index is -1.13. The first-order chi connectivity index (χ1) is 8.00. The number of benzene rings is 1. The van der Waals surface area contributed by atoms with Crippen molar-refractivity contribution < 1.29 is 9.90 Å². The topological polar surface area (TPSA) is 101 Å². The molecule has 2 aromatic rings. The normalized spacial score (nSPS) is 10.4. The highest BCUT2D eigenvalue weighted by Gasteiger charge is 2.15. The second-order valence-corrected chi connectivity index (χ2v) is 3.65. The number of hydrogen-bond donors (Lipinski definition) is 3. The molecule has 88 valence electrons. The van der Waals surface area contributed by atoms with Crippen LogP contribution < -0.4 is 11.4 Å². The molecule has 0 unspecified atom stereocenters. The Kier molecular flexibility index (Phi) is 2.47. The Balaban J connectivity index is 2.76. The number of nitrogens with zero attached hydrogens (tertiary/aromatic N) is 1. The molecule has 0 amide bonds. The summed E-state index contributed by atoms with van der Waals surface area (Å²) in [5.74, 6) is -1.13. The van der Waals surface area contributed by atoms with Gasteiger partial charge < -0.3 is 15.8 Å². The fourth-order valence-electron chi connectivity index (χ4n) is 1.67. The summed E-state index contributed by atoms with van der Waals surface area (Å²) in [6, 6.07) is 4.40. The number of nitrogen functional groups attached to an aromatic ring is 1. The van der Waals surface area contributed by atoms with E-state index in [1.54, 1.807) is 13.0 Å². The quantitative estimate of drug-likeness (QED) is 0.666. The SMILES string of the molecule is Cc1c[nH]c(=O)n1-c1ccc(N)cc1C(=O)O. The lowest BCUT2D eigenvalue weighted by Gasteiger charge is -2.08. The van der Waals surface area contributed by atoms with Gasteiger partial charge in [-0.25, -0.2) is 9.59 Å². The summed E-state index contributed by atoms with van der Waals surface area (Å²) < 4.78 is 1.29. The summed E-state index contributed by atoms with van der Waals surface area (Å²) in [5.41, 5.74) is 6.42. The van der Waals surface area contributed by atoms with E-state index < -0.39 is 5.97 Å². The minimum absolute atomic E-state index is 0.00481. The maximum Gasteiger partial charge on any atom is 0.337 e. The number of H-pyrrole nitrogens is 1. The van der Waals surface area contributed by atoms with Crippen LogP contribution in [0.2, 0.25) is 0 Å². The zero-order chi connectivity index (χ0) is 12.6. The molecule has 2 rings (SSSR count). The first kappa shape index (κ1) is 11.0. The molecule has 1 heterocycles. The van der Waals surface area contributed by atoms with Gasteiger partial charge in [0.05, 0.1) is 11.3 Å². The van der Waals surface area contributed by atoms with Gasteiger partial charge >= 0.3 is 11.7 Å².